The van der Waals surface area contributed by atoms with Gasteiger partial charge >= 0.3 is 6.61 Å². The fourth-order valence-electron chi connectivity index (χ4n) is 1.27. The second-order valence-corrected chi connectivity index (χ2v) is 3.13. The molecular formula is C10H15ClF2N2O. The molecule has 0 aliphatic carbocycles. The second-order valence-electron chi connectivity index (χ2n) is 3.13. The first-order chi connectivity index (χ1) is 7.13. The molecule has 0 spiro atoms. The average Bonchev–Trinajstić information content (AvgIpc) is 2.17. The highest BCUT2D eigenvalue weighted by Crippen LogP contribution is 2.20. The van der Waals surface area contributed by atoms with Crippen molar-refractivity contribution in [2.24, 2.45) is 11.5 Å². The third-order valence-corrected chi connectivity index (χ3v) is 1.99. The maximum atomic E-state index is 11.9. The minimum absolute atomic E-state index is 0. The Morgan fingerprint density at radius 1 is 1.31 bits per heavy atom. The number of benzene rings is 1. The van der Waals surface area contributed by atoms with Gasteiger partial charge in [-0.1, -0.05) is 12.1 Å². The molecule has 16 heavy (non-hydrogen) atoms. The van der Waals surface area contributed by atoms with Crippen molar-refractivity contribution in [1.29, 1.82) is 0 Å². The van der Waals surface area contributed by atoms with E-state index in [1.165, 1.54) is 12.1 Å². The van der Waals surface area contributed by atoms with Crippen molar-refractivity contribution in [3.05, 3.63) is 29.8 Å². The van der Waals surface area contributed by atoms with E-state index in [4.69, 9.17) is 11.5 Å². The maximum Gasteiger partial charge on any atom is 0.387 e. The lowest BCUT2D eigenvalue weighted by molar-refractivity contribution is -0.0499. The molecule has 0 radical (unpaired) electrons. The Kier molecular flexibility index (Phi) is 6.96. The lowest BCUT2D eigenvalue weighted by Gasteiger charge is -2.12. The van der Waals surface area contributed by atoms with Crippen LogP contribution in [-0.2, 0) is 0 Å². The summed E-state index contributed by atoms with van der Waals surface area (Å²) in [6, 6.07) is 6.12. The Bertz CT molecular complexity index is 313. The first kappa shape index (κ1) is 15.1. The highest BCUT2D eigenvalue weighted by atomic mass is 35.5. The van der Waals surface area contributed by atoms with Crippen molar-refractivity contribution < 1.29 is 13.5 Å². The summed E-state index contributed by atoms with van der Waals surface area (Å²) in [6.45, 7) is -2.35. The van der Waals surface area contributed by atoms with E-state index >= 15 is 0 Å². The van der Waals surface area contributed by atoms with Crippen LogP contribution in [0.3, 0.4) is 0 Å². The van der Waals surface area contributed by atoms with Gasteiger partial charge in [-0.05, 0) is 30.7 Å². The SMILES string of the molecule is Cl.NCC[C@@H](N)c1cccc(OC(F)F)c1. The van der Waals surface area contributed by atoms with Crippen LogP contribution < -0.4 is 16.2 Å². The maximum absolute atomic E-state index is 11.9. The van der Waals surface area contributed by atoms with Gasteiger partial charge in [0.25, 0.3) is 0 Å². The first-order valence-corrected chi connectivity index (χ1v) is 4.64. The summed E-state index contributed by atoms with van der Waals surface area (Å²) in [4.78, 5) is 0. The minimum Gasteiger partial charge on any atom is -0.435 e. The number of rotatable bonds is 5. The normalized spacial score (nSPS) is 12.1. The largest absolute Gasteiger partial charge is 0.435 e. The first-order valence-electron chi connectivity index (χ1n) is 4.64. The van der Waals surface area contributed by atoms with Crippen LogP contribution in [0.25, 0.3) is 0 Å². The zero-order valence-corrected chi connectivity index (χ0v) is 9.42. The molecule has 0 aromatic heterocycles. The van der Waals surface area contributed by atoms with Gasteiger partial charge in [0.1, 0.15) is 5.75 Å². The standard InChI is InChI=1S/C10H14F2N2O.ClH/c11-10(12)15-8-3-1-2-7(6-8)9(14)4-5-13;/h1-3,6,9-10H,4-5,13-14H2;1H/t9-;/m1./s1. The summed E-state index contributed by atoms with van der Waals surface area (Å²) in [5.41, 5.74) is 11.9. The van der Waals surface area contributed by atoms with Gasteiger partial charge in [0.2, 0.25) is 0 Å². The molecule has 0 heterocycles. The molecule has 0 bridgehead atoms. The van der Waals surface area contributed by atoms with Gasteiger partial charge in [-0.3, -0.25) is 0 Å². The van der Waals surface area contributed by atoms with Crippen molar-refractivity contribution in [2.45, 2.75) is 19.1 Å². The predicted octanol–water partition coefficient (Wildman–Crippen LogP) is 2.06. The third-order valence-electron chi connectivity index (χ3n) is 1.99. The summed E-state index contributed by atoms with van der Waals surface area (Å²) in [5.74, 6) is 0.120. The highest BCUT2D eigenvalue weighted by molar-refractivity contribution is 5.85. The third kappa shape index (κ3) is 4.74. The fraction of sp³-hybridized carbons (Fsp3) is 0.400. The van der Waals surface area contributed by atoms with Crippen molar-refractivity contribution in [1.82, 2.24) is 0 Å². The number of ether oxygens (including phenoxy) is 1. The average molecular weight is 253 g/mol. The van der Waals surface area contributed by atoms with Crippen LogP contribution in [0.2, 0.25) is 0 Å². The van der Waals surface area contributed by atoms with E-state index in [1.807, 2.05) is 0 Å². The molecule has 0 aliphatic rings. The smallest absolute Gasteiger partial charge is 0.387 e. The summed E-state index contributed by atoms with van der Waals surface area (Å²) >= 11 is 0. The second kappa shape index (κ2) is 7.38. The monoisotopic (exact) mass is 252 g/mol. The van der Waals surface area contributed by atoms with E-state index in [0.717, 1.165) is 5.56 Å². The van der Waals surface area contributed by atoms with Gasteiger partial charge in [-0.2, -0.15) is 8.78 Å². The van der Waals surface area contributed by atoms with E-state index in [9.17, 15) is 8.78 Å². The Morgan fingerprint density at radius 2 is 2.00 bits per heavy atom. The molecule has 3 nitrogen and oxygen atoms in total. The van der Waals surface area contributed by atoms with Gasteiger partial charge in [-0.15, -0.1) is 12.4 Å². The van der Waals surface area contributed by atoms with E-state index in [1.54, 1.807) is 12.1 Å². The van der Waals surface area contributed by atoms with Crippen molar-refractivity contribution in [3.63, 3.8) is 0 Å². The van der Waals surface area contributed by atoms with Crippen LogP contribution in [-0.4, -0.2) is 13.2 Å². The van der Waals surface area contributed by atoms with E-state index < -0.39 is 6.61 Å². The van der Waals surface area contributed by atoms with Gasteiger partial charge < -0.3 is 16.2 Å². The number of nitrogens with two attached hydrogens (primary N) is 2. The zero-order valence-electron chi connectivity index (χ0n) is 8.61. The zero-order chi connectivity index (χ0) is 11.3. The van der Waals surface area contributed by atoms with Crippen LogP contribution in [0, 0.1) is 0 Å². The molecule has 0 amide bonds. The van der Waals surface area contributed by atoms with Gasteiger partial charge in [0, 0.05) is 6.04 Å². The van der Waals surface area contributed by atoms with Crippen molar-refractivity contribution in [2.75, 3.05) is 6.54 Å². The predicted molar refractivity (Wildman–Crippen MR) is 60.9 cm³/mol. The summed E-state index contributed by atoms with van der Waals surface area (Å²) < 4.78 is 28.1. The minimum atomic E-state index is -2.81. The molecule has 0 saturated carbocycles. The van der Waals surface area contributed by atoms with E-state index in [-0.39, 0.29) is 24.2 Å². The molecule has 6 heteroatoms. The van der Waals surface area contributed by atoms with Gasteiger partial charge in [0.15, 0.2) is 0 Å². The fourth-order valence-corrected chi connectivity index (χ4v) is 1.27. The van der Waals surface area contributed by atoms with E-state index in [0.29, 0.717) is 13.0 Å². The lowest BCUT2D eigenvalue weighted by Crippen LogP contribution is -2.15. The molecule has 1 atom stereocenters. The molecule has 1 rings (SSSR count). The van der Waals surface area contributed by atoms with Crippen LogP contribution in [0.4, 0.5) is 8.78 Å². The van der Waals surface area contributed by atoms with E-state index in [2.05, 4.69) is 4.74 Å². The van der Waals surface area contributed by atoms with Crippen LogP contribution >= 0.6 is 12.4 Å². The molecule has 4 N–H and O–H groups in total. The number of hydrogen-bond acceptors (Lipinski definition) is 3. The number of halogens is 3. The highest BCUT2D eigenvalue weighted by Gasteiger charge is 2.08. The number of hydrogen-bond donors (Lipinski definition) is 2. The van der Waals surface area contributed by atoms with Gasteiger partial charge in [0.05, 0.1) is 0 Å². The molecule has 92 valence electrons. The van der Waals surface area contributed by atoms with Crippen molar-refractivity contribution in [3.8, 4) is 5.75 Å². The Balaban J connectivity index is 0.00000225. The molecular weight excluding hydrogens is 238 g/mol. The summed E-state index contributed by atoms with van der Waals surface area (Å²) in [5, 5.41) is 0. The van der Waals surface area contributed by atoms with Crippen LogP contribution in [0.15, 0.2) is 24.3 Å². The Labute approximate surface area is 99.2 Å². The van der Waals surface area contributed by atoms with Crippen LogP contribution in [0.1, 0.15) is 18.0 Å². The van der Waals surface area contributed by atoms with Crippen LogP contribution in [0.5, 0.6) is 5.75 Å². The van der Waals surface area contributed by atoms with Gasteiger partial charge in [-0.25, -0.2) is 0 Å². The lowest BCUT2D eigenvalue weighted by atomic mass is 10.0. The molecule has 0 aliphatic heterocycles. The molecule has 0 fully saturated rings. The quantitative estimate of drug-likeness (QED) is 0.843. The molecule has 1 aromatic rings. The molecule has 1 aromatic carbocycles. The summed E-state index contributed by atoms with van der Waals surface area (Å²) in [6.07, 6.45) is 0.609. The summed E-state index contributed by atoms with van der Waals surface area (Å²) in [7, 11) is 0. The molecule has 0 saturated heterocycles. The Hall–Kier alpha value is -0.910. The topological polar surface area (TPSA) is 61.3 Å². The Morgan fingerprint density at radius 3 is 2.56 bits per heavy atom. The number of alkyl halides is 2. The van der Waals surface area contributed by atoms with Crippen molar-refractivity contribution >= 4 is 12.4 Å². The molecule has 0 unspecified atom stereocenters.